The van der Waals surface area contributed by atoms with E-state index in [0.717, 1.165) is 12.0 Å². The molecule has 3 aromatic rings. The normalized spacial score (nSPS) is 11.6. The van der Waals surface area contributed by atoms with Gasteiger partial charge in [0.1, 0.15) is 5.82 Å². The summed E-state index contributed by atoms with van der Waals surface area (Å²) in [5.74, 6) is -0.750. The SMILES string of the molecule is CC(C)Cc1ccc(C(C)C(=O)NC(=S)Nc2cccc(C(=O)Nc3ccc(F)cc3)c2)cc1. The molecule has 7 heteroatoms. The van der Waals surface area contributed by atoms with Crippen LogP contribution in [0, 0.1) is 11.7 Å². The number of nitrogens with one attached hydrogen (secondary N) is 3. The summed E-state index contributed by atoms with van der Waals surface area (Å²) in [4.78, 5) is 25.2. The standard InChI is InChI=1S/C27H28FN3O2S/c1-17(2)15-19-7-9-20(10-8-19)18(3)25(32)31-27(34)30-24-6-4-5-21(16-24)26(33)29-23-13-11-22(28)12-14-23/h4-14,16-18H,15H2,1-3H3,(H,29,33)(H2,30,31,32,34). The van der Waals surface area contributed by atoms with Crippen molar-refractivity contribution in [2.75, 3.05) is 10.6 Å². The lowest BCUT2D eigenvalue weighted by Crippen LogP contribution is -2.36. The molecule has 0 fully saturated rings. The van der Waals surface area contributed by atoms with Crippen LogP contribution in [-0.4, -0.2) is 16.9 Å². The van der Waals surface area contributed by atoms with Crippen molar-refractivity contribution in [2.45, 2.75) is 33.1 Å². The lowest BCUT2D eigenvalue weighted by Gasteiger charge is -2.15. The Morgan fingerprint density at radius 1 is 0.882 bits per heavy atom. The average Bonchev–Trinajstić information content (AvgIpc) is 2.80. The molecule has 0 saturated carbocycles. The number of anilines is 2. The number of rotatable bonds is 7. The molecule has 0 saturated heterocycles. The van der Waals surface area contributed by atoms with Gasteiger partial charge >= 0.3 is 0 Å². The third-order valence-corrected chi connectivity index (χ3v) is 5.44. The van der Waals surface area contributed by atoms with Crippen LogP contribution < -0.4 is 16.0 Å². The second-order valence-corrected chi connectivity index (χ2v) is 8.95. The highest BCUT2D eigenvalue weighted by Gasteiger charge is 2.17. The van der Waals surface area contributed by atoms with Gasteiger partial charge < -0.3 is 16.0 Å². The van der Waals surface area contributed by atoms with Gasteiger partial charge in [-0.05, 0) is 85.1 Å². The van der Waals surface area contributed by atoms with E-state index in [-0.39, 0.29) is 28.7 Å². The molecule has 0 aliphatic rings. The second-order valence-electron chi connectivity index (χ2n) is 8.55. The molecule has 2 amide bonds. The van der Waals surface area contributed by atoms with Crippen molar-refractivity contribution in [3.63, 3.8) is 0 Å². The number of amides is 2. The fraction of sp³-hybridized carbons (Fsp3) is 0.222. The summed E-state index contributed by atoms with van der Waals surface area (Å²) in [6.45, 7) is 6.17. The zero-order valence-electron chi connectivity index (χ0n) is 19.4. The Kier molecular flexibility index (Phi) is 8.49. The van der Waals surface area contributed by atoms with Crippen LogP contribution in [0.15, 0.2) is 72.8 Å². The fourth-order valence-electron chi connectivity index (χ4n) is 3.42. The minimum absolute atomic E-state index is 0.143. The lowest BCUT2D eigenvalue weighted by atomic mass is 9.96. The molecule has 0 aromatic heterocycles. The van der Waals surface area contributed by atoms with Crippen LogP contribution in [0.1, 0.15) is 48.2 Å². The van der Waals surface area contributed by atoms with E-state index in [9.17, 15) is 14.0 Å². The average molecular weight is 478 g/mol. The number of benzene rings is 3. The van der Waals surface area contributed by atoms with Crippen molar-refractivity contribution in [1.29, 1.82) is 0 Å². The van der Waals surface area contributed by atoms with E-state index in [1.165, 1.54) is 29.8 Å². The van der Waals surface area contributed by atoms with Gasteiger partial charge in [0.25, 0.3) is 5.91 Å². The summed E-state index contributed by atoms with van der Waals surface area (Å²) >= 11 is 5.30. The highest BCUT2D eigenvalue weighted by atomic mass is 32.1. The first-order valence-electron chi connectivity index (χ1n) is 11.1. The first-order chi connectivity index (χ1) is 16.2. The van der Waals surface area contributed by atoms with Crippen molar-refractivity contribution in [2.24, 2.45) is 5.92 Å². The third kappa shape index (κ3) is 7.22. The molecule has 0 heterocycles. The van der Waals surface area contributed by atoms with Crippen LogP contribution in [0.2, 0.25) is 0 Å². The zero-order valence-corrected chi connectivity index (χ0v) is 20.2. The zero-order chi connectivity index (χ0) is 24.7. The number of hydrogen-bond acceptors (Lipinski definition) is 3. The molecule has 0 bridgehead atoms. The number of carbonyl (C=O) groups is 2. The minimum Gasteiger partial charge on any atom is -0.332 e. The lowest BCUT2D eigenvalue weighted by molar-refractivity contribution is -0.120. The molecule has 0 radical (unpaired) electrons. The van der Waals surface area contributed by atoms with E-state index >= 15 is 0 Å². The monoisotopic (exact) mass is 477 g/mol. The summed E-state index contributed by atoms with van der Waals surface area (Å²) in [5, 5.41) is 8.51. The Balaban J connectivity index is 1.57. The predicted octanol–water partition coefficient (Wildman–Crippen LogP) is 5.89. The molecule has 34 heavy (non-hydrogen) atoms. The maximum absolute atomic E-state index is 13.1. The van der Waals surface area contributed by atoms with Crippen LogP contribution in [0.4, 0.5) is 15.8 Å². The number of halogens is 1. The Bertz CT molecular complexity index is 1160. The van der Waals surface area contributed by atoms with Crippen molar-refractivity contribution >= 4 is 40.5 Å². The van der Waals surface area contributed by atoms with Gasteiger partial charge in [-0.2, -0.15) is 0 Å². The smallest absolute Gasteiger partial charge is 0.255 e. The van der Waals surface area contributed by atoms with Crippen molar-refractivity contribution < 1.29 is 14.0 Å². The Morgan fingerprint density at radius 2 is 1.56 bits per heavy atom. The third-order valence-electron chi connectivity index (χ3n) is 5.24. The molecule has 3 aromatic carbocycles. The van der Waals surface area contributed by atoms with Gasteiger partial charge in [-0.1, -0.05) is 44.2 Å². The van der Waals surface area contributed by atoms with Gasteiger partial charge in [0.05, 0.1) is 5.92 Å². The van der Waals surface area contributed by atoms with E-state index in [1.54, 1.807) is 24.3 Å². The van der Waals surface area contributed by atoms with Gasteiger partial charge in [0.15, 0.2) is 5.11 Å². The Morgan fingerprint density at radius 3 is 2.21 bits per heavy atom. The van der Waals surface area contributed by atoms with Crippen LogP contribution in [0.25, 0.3) is 0 Å². The van der Waals surface area contributed by atoms with E-state index < -0.39 is 0 Å². The molecule has 0 aliphatic heterocycles. The number of thiocarbonyl (C=S) groups is 1. The highest BCUT2D eigenvalue weighted by molar-refractivity contribution is 7.80. The van der Waals surface area contributed by atoms with E-state index in [1.807, 2.05) is 19.1 Å². The molecule has 1 unspecified atom stereocenters. The quantitative estimate of drug-likeness (QED) is 0.371. The molecule has 0 spiro atoms. The topological polar surface area (TPSA) is 70.2 Å². The first-order valence-corrected chi connectivity index (χ1v) is 11.5. The van der Waals surface area contributed by atoms with Gasteiger partial charge in [-0.3, -0.25) is 9.59 Å². The van der Waals surface area contributed by atoms with Crippen LogP contribution in [-0.2, 0) is 11.2 Å². The summed E-state index contributed by atoms with van der Waals surface area (Å²) in [6.07, 6.45) is 0.996. The summed E-state index contributed by atoms with van der Waals surface area (Å²) in [5.41, 5.74) is 3.58. The largest absolute Gasteiger partial charge is 0.332 e. The maximum Gasteiger partial charge on any atom is 0.255 e. The summed E-state index contributed by atoms with van der Waals surface area (Å²) in [6, 6.07) is 20.3. The molecule has 3 rings (SSSR count). The Hall–Kier alpha value is -3.58. The number of hydrogen-bond donors (Lipinski definition) is 3. The summed E-state index contributed by atoms with van der Waals surface area (Å²) in [7, 11) is 0. The molecule has 1 atom stereocenters. The van der Waals surface area contributed by atoms with E-state index in [4.69, 9.17) is 12.2 Å². The van der Waals surface area contributed by atoms with E-state index in [2.05, 4.69) is 41.9 Å². The minimum atomic E-state index is -0.378. The maximum atomic E-state index is 13.1. The Labute approximate surface area is 204 Å². The van der Waals surface area contributed by atoms with Crippen LogP contribution in [0.3, 0.4) is 0 Å². The van der Waals surface area contributed by atoms with Gasteiger partial charge in [-0.25, -0.2) is 4.39 Å². The first kappa shape index (κ1) is 25.1. The predicted molar refractivity (Wildman–Crippen MR) is 139 cm³/mol. The second kappa shape index (κ2) is 11.5. The van der Waals surface area contributed by atoms with Crippen LogP contribution in [0.5, 0.6) is 0 Å². The number of carbonyl (C=O) groups excluding carboxylic acids is 2. The molecular formula is C27H28FN3O2S. The molecule has 0 aliphatic carbocycles. The molecule has 3 N–H and O–H groups in total. The summed E-state index contributed by atoms with van der Waals surface area (Å²) < 4.78 is 13.1. The molecular weight excluding hydrogens is 449 g/mol. The van der Waals surface area contributed by atoms with Crippen molar-refractivity contribution in [1.82, 2.24) is 5.32 Å². The van der Waals surface area contributed by atoms with Crippen LogP contribution >= 0.6 is 12.2 Å². The fourth-order valence-corrected chi connectivity index (χ4v) is 3.64. The molecule has 176 valence electrons. The molecule has 5 nitrogen and oxygen atoms in total. The van der Waals surface area contributed by atoms with E-state index in [0.29, 0.717) is 22.9 Å². The highest BCUT2D eigenvalue weighted by Crippen LogP contribution is 2.18. The van der Waals surface area contributed by atoms with Gasteiger partial charge in [-0.15, -0.1) is 0 Å². The van der Waals surface area contributed by atoms with Crippen molar-refractivity contribution in [3.8, 4) is 0 Å². The van der Waals surface area contributed by atoms with Crippen molar-refractivity contribution in [3.05, 3.63) is 95.3 Å². The van der Waals surface area contributed by atoms with Gasteiger partial charge in [0.2, 0.25) is 5.91 Å². The van der Waals surface area contributed by atoms with Gasteiger partial charge in [0, 0.05) is 16.9 Å².